The summed E-state index contributed by atoms with van der Waals surface area (Å²) in [6.45, 7) is 2.70. The number of rotatable bonds is 0. The van der Waals surface area contributed by atoms with Gasteiger partial charge in [0, 0.05) is 6.42 Å². The minimum atomic E-state index is 0. The Hall–Kier alpha value is 0.500. The first-order valence-corrected chi connectivity index (χ1v) is 3.37. The van der Waals surface area contributed by atoms with Crippen LogP contribution in [-0.4, -0.2) is 25.7 Å². The normalized spacial score (nSPS) is 48.6. The summed E-state index contributed by atoms with van der Waals surface area (Å²) < 4.78 is 0. The lowest BCUT2D eigenvalue weighted by molar-refractivity contribution is -0.878. The molecule has 0 amide bonds. The number of hydrogen-bond donors (Lipinski definition) is 2. The Morgan fingerprint density at radius 2 is 2.10 bits per heavy atom. The van der Waals surface area contributed by atoms with Gasteiger partial charge in [-0.3, -0.25) is 0 Å². The van der Waals surface area contributed by atoms with Crippen LogP contribution in [0.5, 0.6) is 0 Å². The zero-order valence-corrected chi connectivity index (χ0v) is 7.67. The van der Waals surface area contributed by atoms with Crippen molar-refractivity contribution in [2.75, 3.05) is 20.1 Å². The lowest BCUT2D eigenvalue weighted by atomic mass is 10.3. The summed E-state index contributed by atoms with van der Waals surface area (Å²) in [6, 6.07) is 0. The predicted molar refractivity (Wildman–Crippen MR) is 30.3 cm³/mol. The molecule has 1 saturated carbocycles. The van der Waals surface area contributed by atoms with Crippen LogP contribution in [0.25, 0.3) is 0 Å². The van der Waals surface area contributed by atoms with Crippen LogP contribution in [0.15, 0.2) is 0 Å². The Morgan fingerprint density at radius 3 is 2.30 bits per heavy atom. The van der Waals surface area contributed by atoms with E-state index in [-0.39, 0.29) is 24.8 Å². The molecule has 62 valence electrons. The number of nitrogens with one attached hydrogen (secondary N) is 1. The summed E-state index contributed by atoms with van der Waals surface area (Å²) >= 11 is 0. The van der Waals surface area contributed by atoms with Gasteiger partial charge in [-0.25, -0.2) is 0 Å². The SMILES string of the molecule is C[NH+]1C[C@@H]2C[C@]2([NH3+])C1.[Cl-].[Cl-]. The van der Waals surface area contributed by atoms with E-state index in [4.69, 9.17) is 0 Å². The summed E-state index contributed by atoms with van der Waals surface area (Å²) in [7, 11) is 2.26. The molecule has 3 atom stereocenters. The molecule has 4 N–H and O–H groups in total. The first kappa shape index (κ1) is 10.5. The highest BCUT2D eigenvalue weighted by molar-refractivity contribution is 5.04. The number of hydrogen-bond acceptors (Lipinski definition) is 0. The summed E-state index contributed by atoms with van der Waals surface area (Å²) in [5, 5.41) is 0. The zero-order valence-electron chi connectivity index (χ0n) is 6.16. The summed E-state index contributed by atoms with van der Waals surface area (Å²) in [6.07, 6.45) is 1.41. The van der Waals surface area contributed by atoms with Crippen molar-refractivity contribution < 1.29 is 35.4 Å². The maximum atomic E-state index is 4.17. The fourth-order valence-electron chi connectivity index (χ4n) is 2.03. The van der Waals surface area contributed by atoms with E-state index in [2.05, 4.69) is 12.8 Å². The Balaban J connectivity index is 0.000000405. The fourth-order valence-corrected chi connectivity index (χ4v) is 2.03. The van der Waals surface area contributed by atoms with Crippen LogP contribution in [0, 0.1) is 5.92 Å². The van der Waals surface area contributed by atoms with Crippen LogP contribution < -0.4 is 35.4 Å². The molecule has 2 aliphatic rings. The van der Waals surface area contributed by atoms with Crippen molar-refractivity contribution in [3.8, 4) is 0 Å². The van der Waals surface area contributed by atoms with Gasteiger partial charge in [-0.15, -0.1) is 0 Å². The Morgan fingerprint density at radius 1 is 1.50 bits per heavy atom. The molecular formula is C6H14Cl2N2. The van der Waals surface area contributed by atoms with Crippen LogP contribution in [0.2, 0.25) is 0 Å². The van der Waals surface area contributed by atoms with E-state index in [9.17, 15) is 0 Å². The van der Waals surface area contributed by atoms with E-state index in [0.717, 1.165) is 5.92 Å². The molecule has 0 radical (unpaired) electrons. The van der Waals surface area contributed by atoms with E-state index in [0.29, 0.717) is 5.54 Å². The second-order valence-corrected chi connectivity index (χ2v) is 3.60. The molecule has 0 aromatic carbocycles. The van der Waals surface area contributed by atoms with Gasteiger partial charge in [0.1, 0.15) is 6.54 Å². The molecular weight excluding hydrogens is 171 g/mol. The third-order valence-electron chi connectivity index (χ3n) is 2.61. The van der Waals surface area contributed by atoms with Crippen molar-refractivity contribution >= 4 is 0 Å². The van der Waals surface area contributed by atoms with Crippen molar-refractivity contribution in [1.29, 1.82) is 0 Å². The average Bonchev–Trinajstić information content (AvgIpc) is 2.07. The molecule has 1 heterocycles. The highest BCUT2D eigenvalue weighted by Crippen LogP contribution is 2.39. The topological polar surface area (TPSA) is 32.1 Å². The molecule has 1 saturated heterocycles. The largest absolute Gasteiger partial charge is 1.00 e. The molecule has 1 unspecified atom stereocenters. The second-order valence-electron chi connectivity index (χ2n) is 3.60. The minimum absolute atomic E-state index is 0. The molecule has 0 aromatic heterocycles. The number of fused-ring (bicyclic) bond motifs is 1. The molecule has 2 rings (SSSR count). The Labute approximate surface area is 74.0 Å². The van der Waals surface area contributed by atoms with Crippen molar-refractivity contribution in [1.82, 2.24) is 0 Å². The van der Waals surface area contributed by atoms with Gasteiger partial charge in [-0.1, -0.05) is 0 Å². The average molecular weight is 185 g/mol. The minimum Gasteiger partial charge on any atom is -1.00 e. The van der Waals surface area contributed by atoms with Crippen LogP contribution in [0.3, 0.4) is 0 Å². The van der Waals surface area contributed by atoms with Crippen LogP contribution in [-0.2, 0) is 0 Å². The second kappa shape index (κ2) is 2.86. The molecule has 0 bridgehead atoms. The predicted octanol–water partition coefficient (Wildman–Crippen LogP) is -8.48. The van der Waals surface area contributed by atoms with Gasteiger partial charge in [0.25, 0.3) is 0 Å². The first-order chi connectivity index (χ1) is 3.71. The number of likely N-dealkylation sites (N-methyl/N-ethyl adjacent to an activating group) is 1. The Kier molecular flexibility index (Phi) is 3.00. The van der Waals surface area contributed by atoms with Gasteiger partial charge in [0.05, 0.1) is 19.5 Å². The summed E-state index contributed by atoms with van der Waals surface area (Å²) in [4.78, 5) is 1.68. The van der Waals surface area contributed by atoms with Gasteiger partial charge < -0.3 is 35.4 Å². The lowest BCUT2D eigenvalue weighted by Crippen LogP contribution is -3.09. The van der Waals surface area contributed by atoms with Crippen LogP contribution >= 0.6 is 0 Å². The van der Waals surface area contributed by atoms with Gasteiger partial charge in [0.2, 0.25) is 0 Å². The van der Waals surface area contributed by atoms with Crippen molar-refractivity contribution in [2.24, 2.45) is 5.92 Å². The number of likely N-dealkylation sites (tertiary alicyclic amines) is 1. The van der Waals surface area contributed by atoms with E-state index < -0.39 is 0 Å². The summed E-state index contributed by atoms with van der Waals surface area (Å²) in [5.74, 6) is 0.988. The maximum absolute atomic E-state index is 4.17. The Bertz CT molecular complexity index is 131. The van der Waals surface area contributed by atoms with Gasteiger partial charge in [-0.2, -0.15) is 0 Å². The van der Waals surface area contributed by atoms with Crippen LogP contribution in [0.1, 0.15) is 6.42 Å². The quantitative estimate of drug-likeness (QED) is 0.376. The number of piperidine rings is 1. The highest BCUT2D eigenvalue weighted by atomic mass is 35.5. The van der Waals surface area contributed by atoms with Crippen molar-refractivity contribution in [3.05, 3.63) is 0 Å². The monoisotopic (exact) mass is 184 g/mol. The van der Waals surface area contributed by atoms with Gasteiger partial charge in [-0.05, 0) is 0 Å². The van der Waals surface area contributed by atoms with E-state index in [1.54, 1.807) is 4.90 Å². The van der Waals surface area contributed by atoms with E-state index in [1.807, 2.05) is 0 Å². The zero-order chi connectivity index (χ0) is 5.78. The summed E-state index contributed by atoms with van der Waals surface area (Å²) in [5.41, 5.74) is 4.72. The number of quaternary nitrogens is 2. The molecule has 2 nitrogen and oxygen atoms in total. The molecule has 0 aromatic rings. The van der Waals surface area contributed by atoms with Crippen LogP contribution in [0.4, 0.5) is 0 Å². The van der Waals surface area contributed by atoms with Gasteiger partial charge in [0.15, 0.2) is 5.54 Å². The molecule has 2 fully saturated rings. The molecule has 4 heteroatoms. The maximum Gasteiger partial charge on any atom is 0.153 e. The third-order valence-corrected chi connectivity index (χ3v) is 2.61. The standard InChI is InChI=1S/C6H12N2.2ClH/c1-8-3-5-2-6(5,7)4-8;;/h5H,2-4,7H2,1H3;2*1H/t5-,6-;;/m0../s1. The molecule has 1 aliphatic heterocycles. The first-order valence-electron chi connectivity index (χ1n) is 3.37. The van der Waals surface area contributed by atoms with Crippen molar-refractivity contribution in [2.45, 2.75) is 12.0 Å². The molecule has 0 spiro atoms. The smallest absolute Gasteiger partial charge is 0.153 e. The third kappa shape index (κ3) is 1.40. The fraction of sp³-hybridized carbons (Fsp3) is 1.00. The number of halogens is 2. The highest BCUT2D eigenvalue weighted by Gasteiger charge is 2.64. The molecule has 10 heavy (non-hydrogen) atoms. The molecule has 1 aliphatic carbocycles. The van der Waals surface area contributed by atoms with E-state index in [1.165, 1.54) is 19.5 Å². The lowest BCUT2D eigenvalue weighted by Gasteiger charge is -2.05. The van der Waals surface area contributed by atoms with Gasteiger partial charge >= 0.3 is 0 Å². The van der Waals surface area contributed by atoms with E-state index >= 15 is 0 Å². The van der Waals surface area contributed by atoms with Crippen molar-refractivity contribution in [3.63, 3.8) is 0 Å².